The summed E-state index contributed by atoms with van der Waals surface area (Å²) in [5.41, 5.74) is 5.85. The van der Waals surface area contributed by atoms with Gasteiger partial charge in [-0.25, -0.2) is 4.79 Å². The Kier molecular flexibility index (Phi) is 3.31. The maximum atomic E-state index is 11.6. The molecule has 0 bridgehead atoms. The summed E-state index contributed by atoms with van der Waals surface area (Å²) in [6.45, 7) is 0. The Hall–Kier alpha value is -1.54. The lowest BCUT2D eigenvalue weighted by atomic mass is 10.0. The van der Waals surface area contributed by atoms with Gasteiger partial charge in [0.15, 0.2) is 0 Å². The van der Waals surface area contributed by atoms with Crippen LogP contribution in [0.2, 0.25) is 0 Å². The number of carbonyl (C=O) groups excluding carboxylic acids is 2. The highest BCUT2D eigenvalue weighted by molar-refractivity contribution is 8.00. The van der Waals surface area contributed by atoms with E-state index >= 15 is 0 Å². The van der Waals surface area contributed by atoms with Crippen molar-refractivity contribution >= 4 is 29.6 Å². The number of hydrogen-bond acceptors (Lipinski definition) is 6. The van der Waals surface area contributed by atoms with E-state index in [-0.39, 0.29) is 17.5 Å². The third-order valence-electron chi connectivity index (χ3n) is 2.88. The second-order valence-corrected chi connectivity index (χ2v) is 5.05. The van der Waals surface area contributed by atoms with Gasteiger partial charge in [-0.2, -0.15) is 0 Å². The number of rotatable bonds is 3. The van der Waals surface area contributed by atoms with Gasteiger partial charge in [-0.3, -0.25) is 14.5 Å². The number of carboxylic acid groups (broad SMARTS) is 1. The standard InChI is InChI=1S/C10H12N2O5S/c1-17-5(13)2-4-3-18-9-6(11)8(14)12(9)7(4)10(15)16/h6,9H,2-3,11H2,1H3,(H,15,16). The quantitative estimate of drug-likeness (QED) is 0.507. The number of methoxy groups -OCH3 is 1. The van der Waals surface area contributed by atoms with Gasteiger partial charge in [0, 0.05) is 5.75 Å². The molecule has 8 heteroatoms. The number of fused-ring (bicyclic) bond motifs is 1. The SMILES string of the molecule is COC(=O)CC1=C(C(=O)O)N2C(=O)C(N)C2SC1. The number of nitrogens with two attached hydrogens (primary N) is 1. The summed E-state index contributed by atoms with van der Waals surface area (Å²) in [6, 6.07) is -0.663. The van der Waals surface area contributed by atoms with Gasteiger partial charge in [0.1, 0.15) is 17.1 Å². The first kappa shape index (κ1) is 12.9. The molecule has 2 heterocycles. The number of amides is 1. The molecule has 0 spiro atoms. The molecule has 7 nitrogen and oxygen atoms in total. The highest BCUT2D eigenvalue weighted by Crippen LogP contribution is 2.40. The lowest BCUT2D eigenvalue weighted by Gasteiger charge is -2.47. The van der Waals surface area contributed by atoms with E-state index in [1.807, 2.05) is 0 Å². The van der Waals surface area contributed by atoms with Gasteiger partial charge < -0.3 is 15.6 Å². The molecule has 0 radical (unpaired) electrons. The number of ether oxygens (including phenoxy) is 1. The van der Waals surface area contributed by atoms with Gasteiger partial charge in [-0.15, -0.1) is 11.8 Å². The van der Waals surface area contributed by atoms with Crippen molar-refractivity contribution in [1.82, 2.24) is 4.90 Å². The molecule has 1 fully saturated rings. The van der Waals surface area contributed by atoms with Crippen molar-refractivity contribution in [3.63, 3.8) is 0 Å². The number of thioether (sulfide) groups is 1. The lowest BCUT2D eigenvalue weighted by molar-refractivity contribution is -0.148. The number of carboxylic acids is 1. The van der Waals surface area contributed by atoms with Gasteiger partial charge in [0.2, 0.25) is 5.91 Å². The van der Waals surface area contributed by atoms with E-state index in [1.54, 1.807) is 0 Å². The molecule has 3 N–H and O–H groups in total. The molecule has 1 amide bonds. The van der Waals surface area contributed by atoms with Crippen molar-refractivity contribution in [2.45, 2.75) is 17.8 Å². The van der Waals surface area contributed by atoms with E-state index in [1.165, 1.54) is 18.9 Å². The van der Waals surface area contributed by atoms with Crippen LogP contribution in [0.15, 0.2) is 11.3 Å². The van der Waals surface area contributed by atoms with Crippen LogP contribution >= 0.6 is 11.8 Å². The first-order chi connectivity index (χ1) is 8.47. The van der Waals surface area contributed by atoms with E-state index < -0.39 is 23.9 Å². The zero-order chi connectivity index (χ0) is 13.4. The minimum Gasteiger partial charge on any atom is -0.477 e. The molecule has 0 aliphatic carbocycles. The molecular formula is C10H12N2O5S. The second kappa shape index (κ2) is 4.62. The topological polar surface area (TPSA) is 110 Å². The van der Waals surface area contributed by atoms with Crippen LogP contribution < -0.4 is 5.73 Å². The summed E-state index contributed by atoms with van der Waals surface area (Å²) < 4.78 is 4.51. The zero-order valence-corrected chi connectivity index (χ0v) is 10.4. The van der Waals surface area contributed by atoms with Crippen LogP contribution in [-0.4, -0.2) is 52.1 Å². The predicted molar refractivity (Wildman–Crippen MR) is 62.4 cm³/mol. The number of carbonyl (C=O) groups is 3. The smallest absolute Gasteiger partial charge is 0.352 e. The van der Waals surface area contributed by atoms with Gasteiger partial charge >= 0.3 is 11.9 Å². The molecule has 2 rings (SSSR count). The number of β-lactam (4-membered cyclic amide) rings is 1. The van der Waals surface area contributed by atoms with Crippen LogP contribution in [0.5, 0.6) is 0 Å². The largest absolute Gasteiger partial charge is 0.477 e. The van der Waals surface area contributed by atoms with Crippen molar-refractivity contribution in [2.75, 3.05) is 12.9 Å². The molecule has 2 aliphatic heterocycles. The van der Waals surface area contributed by atoms with Crippen LogP contribution in [0, 0.1) is 0 Å². The Bertz CT molecular complexity index is 461. The van der Waals surface area contributed by atoms with Crippen molar-refractivity contribution in [1.29, 1.82) is 0 Å². The summed E-state index contributed by atoms with van der Waals surface area (Å²) in [6.07, 6.45) is -0.128. The molecule has 98 valence electrons. The fraction of sp³-hybridized carbons (Fsp3) is 0.500. The minimum atomic E-state index is -1.22. The average molecular weight is 272 g/mol. The van der Waals surface area contributed by atoms with Crippen molar-refractivity contribution in [2.24, 2.45) is 5.73 Å². The van der Waals surface area contributed by atoms with E-state index in [4.69, 9.17) is 10.8 Å². The molecule has 0 aromatic rings. The number of nitrogens with zero attached hydrogens (tertiary/aromatic N) is 1. The zero-order valence-electron chi connectivity index (χ0n) is 9.58. The number of aliphatic carboxylic acids is 1. The van der Waals surface area contributed by atoms with Crippen LogP contribution in [0.3, 0.4) is 0 Å². The first-order valence-corrected chi connectivity index (χ1v) is 6.24. The molecular weight excluding hydrogens is 260 g/mol. The summed E-state index contributed by atoms with van der Waals surface area (Å²) in [7, 11) is 1.23. The molecule has 2 unspecified atom stereocenters. The highest BCUT2D eigenvalue weighted by Gasteiger charge is 2.51. The molecule has 1 saturated heterocycles. The van der Waals surface area contributed by atoms with Gasteiger partial charge in [0.05, 0.1) is 13.5 Å². The normalized spacial score (nSPS) is 26.6. The molecule has 0 aromatic carbocycles. The fourth-order valence-corrected chi connectivity index (χ4v) is 3.26. The van der Waals surface area contributed by atoms with Crippen molar-refractivity contribution < 1.29 is 24.2 Å². The van der Waals surface area contributed by atoms with Crippen LogP contribution in [-0.2, 0) is 19.1 Å². The second-order valence-electron chi connectivity index (χ2n) is 3.95. The summed E-state index contributed by atoms with van der Waals surface area (Å²) in [5.74, 6) is -1.81. The lowest BCUT2D eigenvalue weighted by Crippen LogP contribution is -2.68. The summed E-state index contributed by atoms with van der Waals surface area (Å²) >= 11 is 1.36. The molecule has 0 saturated carbocycles. The van der Waals surface area contributed by atoms with Crippen LogP contribution in [0.4, 0.5) is 0 Å². The van der Waals surface area contributed by atoms with E-state index in [0.717, 1.165) is 4.90 Å². The van der Waals surface area contributed by atoms with E-state index in [2.05, 4.69) is 4.74 Å². The highest BCUT2D eigenvalue weighted by atomic mass is 32.2. The van der Waals surface area contributed by atoms with Crippen LogP contribution in [0.25, 0.3) is 0 Å². The third-order valence-corrected chi connectivity index (χ3v) is 4.24. The molecule has 0 aromatic heterocycles. The van der Waals surface area contributed by atoms with E-state index in [0.29, 0.717) is 11.3 Å². The Morgan fingerprint density at radius 3 is 2.83 bits per heavy atom. The minimum absolute atomic E-state index is 0.128. The number of esters is 1. The Morgan fingerprint density at radius 2 is 2.28 bits per heavy atom. The third kappa shape index (κ3) is 1.87. The monoisotopic (exact) mass is 272 g/mol. The summed E-state index contributed by atoms with van der Waals surface area (Å²) in [5, 5.41) is 8.82. The van der Waals surface area contributed by atoms with Crippen molar-refractivity contribution in [3.05, 3.63) is 11.3 Å². The number of hydrogen-bond donors (Lipinski definition) is 2. The molecule has 2 atom stereocenters. The Balaban J connectivity index is 2.32. The Morgan fingerprint density at radius 1 is 1.61 bits per heavy atom. The van der Waals surface area contributed by atoms with Crippen molar-refractivity contribution in [3.8, 4) is 0 Å². The molecule has 2 aliphatic rings. The maximum absolute atomic E-state index is 11.6. The van der Waals surface area contributed by atoms with Crippen LogP contribution in [0.1, 0.15) is 6.42 Å². The van der Waals surface area contributed by atoms with Gasteiger partial charge in [0.25, 0.3) is 0 Å². The fourth-order valence-electron chi connectivity index (χ4n) is 1.96. The maximum Gasteiger partial charge on any atom is 0.352 e. The van der Waals surface area contributed by atoms with Gasteiger partial charge in [-0.05, 0) is 5.57 Å². The molecule has 18 heavy (non-hydrogen) atoms. The van der Waals surface area contributed by atoms with E-state index in [9.17, 15) is 14.4 Å². The predicted octanol–water partition coefficient (Wildman–Crippen LogP) is -0.869. The summed E-state index contributed by atoms with van der Waals surface area (Å²) in [4.78, 5) is 35.2. The first-order valence-electron chi connectivity index (χ1n) is 5.19. The van der Waals surface area contributed by atoms with Gasteiger partial charge in [-0.1, -0.05) is 0 Å². The Labute approximate surface area is 107 Å². The average Bonchev–Trinajstić information content (AvgIpc) is 2.36.